The zero-order chi connectivity index (χ0) is 17.9. The van der Waals surface area contributed by atoms with E-state index >= 15 is 0 Å². The molecule has 3 aromatic heterocycles. The van der Waals surface area contributed by atoms with E-state index in [2.05, 4.69) is 37.4 Å². The number of hydrogen-bond donors (Lipinski definition) is 1. The zero-order valence-electron chi connectivity index (χ0n) is 14.4. The van der Waals surface area contributed by atoms with E-state index in [1.807, 2.05) is 36.4 Å². The lowest BCUT2D eigenvalue weighted by Crippen LogP contribution is -2.09. The highest BCUT2D eigenvalue weighted by Gasteiger charge is 2.15. The predicted octanol–water partition coefficient (Wildman–Crippen LogP) is 3.19. The molecule has 0 unspecified atom stereocenters. The van der Waals surface area contributed by atoms with E-state index in [1.165, 1.54) is 6.33 Å². The van der Waals surface area contributed by atoms with E-state index in [-0.39, 0.29) is 6.04 Å². The number of anilines is 1. The summed E-state index contributed by atoms with van der Waals surface area (Å²) in [5.74, 6) is 1.74. The third kappa shape index (κ3) is 3.16. The molecular weight excluding hydrogens is 330 g/mol. The number of hydrogen-bond acceptors (Lipinski definition) is 7. The van der Waals surface area contributed by atoms with Crippen molar-refractivity contribution < 1.29 is 4.52 Å². The van der Waals surface area contributed by atoms with Crippen LogP contribution in [0.4, 0.5) is 5.82 Å². The largest absolute Gasteiger partial charge is 0.363 e. The summed E-state index contributed by atoms with van der Waals surface area (Å²) in [6.07, 6.45) is 4.92. The molecule has 26 heavy (non-hydrogen) atoms. The van der Waals surface area contributed by atoms with Crippen LogP contribution in [0.15, 0.2) is 59.8 Å². The summed E-state index contributed by atoms with van der Waals surface area (Å²) in [5, 5.41) is 11.4. The van der Waals surface area contributed by atoms with Crippen LogP contribution >= 0.6 is 0 Å². The van der Waals surface area contributed by atoms with Crippen LogP contribution in [0.3, 0.4) is 0 Å². The van der Waals surface area contributed by atoms with Gasteiger partial charge in [0.25, 0.3) is 5.89 Å². The summed E-state index contributed by atoms with van der Waals surface area (Å²) in [6, 6.07) is 11.9. The number of benzene rings is 1. The lowest BCUT2D eigenvalue weighted by Gasteiger charge is -2.16. The average molecular weight is 347 g/mol. The second-order valence-electron chi connectivity index (χ2n) is 5.84. The molecule has 8 heteroatoms. The Bertz CT molecular complexity index is 993. The van der Waals surface area contributed by atoms with Gasteiger partial charge in [0.05, 0.1) is 11.3 Å². The topological polar surface area (TPSA) is 94.6 Å². The highest BCUT2D eigenvalue weighted by Crippen LogP contribution is 2.27. The van der Waals surface area contributed by atoms with Crippen molar-refractivity contribution in [2.45, 2.75) is 19.9 Å². The highest BCUT2D eigenvalue weighted by molar-refractivity contribution is 5.69. The molecule has 4 rings (SSSR count). The van der Waals surface area contributed by atoms with Crippen LogP contribution in [0.25, 0.3) is 17.1 Å². The maximum atomic E-state index is 5.28. The fourth-order valence-corrected chi connectivity index (χ4v) is 2.65. The highest BCUT2D eigenvalue weighted by atomic mass is 16.5. The van der Waals surface area contributed by atoms with Crippen LogP contribution in [0.5, 0.6) is 0 Å². The Balaban J connectivity index is 1.56. The standard InChI is InChI=1S/C18H17N7O/c1-12(14-5-7-15(8-6-14)25-11-19-10-21-25)22-17-16(4-3-9-20-17)18-23-13(2)24-26-18/h3-12H,1-2H3,(H,20,22)/t12-/m1/s1. The molecule has 4 aromatic rings. The molecule has 0 fully saturated rings. The number of pyridine rings is 1. The number of aryl methyl sites for hydroxylation is 1. The van der Waals surface area contributed by atoms with Gasteiger partial charge in [0.2, 0.25) is 0 Å². The van der Waals surface area contributed by atoms with Crippen LogP contribution in [-0.2, 0) is 0 Å². The molecule has 0 bridgehead atoms. The van der Waals surface area contributed by atoms with Crippen molar-refractivity contribution in [1.82, 2.24) is 29.9 Å². The Hall–Kier alpha value is -3.55. The lowest BCUT2D eigenvalue weighted by atomic mass is 10.1. The minimum Gasteiger partial charge on any atom is -0.363 e. The first-order valence-electron chi connectivity index (χ1n) is 8.18. The number of aromatic nitrogens is 6. The van der Waals surface area contributed by atoms with Crippen molar-refractivity contribution in [3.63, 3.8) is 0 Å². The molecule has 0 aliphatic heterocycles. The molecule has 8 nitrogen and oxygen atoms in total. The van der Waals surface area contributed by atoms with Gasteiger partial charge in [0.15, 0.2) is 5.82 Å². The van der Waals surface area contributed by atoms with Crippen molar-refractivity contribution in [3.8, 4) is 17.1 Å². The molecule has 3 heterocycles. The molecule has 0 spiro atoms. The summed E-state index contributed by atoms with van der Waals surface area (Å²) in [4.78, 5) is 12.7. The predicted molar refractivity (Wildman–Crippen MR) is 95.7 cm³/mol. The Labute approximate surface area is 149 Å². The molecular formula is C18H17N7O. The first-order valence-corrected chi connectivity index (χ1v) is 8.18. The molecule has 0 saturated carbocycles. The average Bonchev–Trinajstić information content (AvgIpc) is 3.34. The molecule has 0 aliphatic rings. The second kappa shape index (κ2) is 6.75. The molecule has 130 valence electrons. The maximum absolute atomic E-state index is 5.28. The van der Waals surface area contributed by atoms with Crippen molar-refractivity contribution in [3.05, 3.63) is 66.6 Å². The van der Waals surface area contributed by atoms with E-state index in [0.717, 1.165) is 16.8 Å². The number of nitrogens with zero attached hydrogens (tertiary/aromatic N) is 6. The minimum atomic E-state index is 0.0393. The zero-order valence-corrected chi connectivity index (χ0v) is 14.4. The van der Waals surface area contributed by atoms with Crippen molar-refractivity contribution >= 4 is 5.82 Å². The summed E-state index contributed by atoms with van der Waals surface area (Å²) in [7, 11) is 0. The Morgan fingerprint density at radius 3 is 2.69 bits per heavy atom. The van der Waals surface area contributed by atoms with Gasteiger partial charge in [-0.2, -0.15) is 10.1 Å². The molecule has 0 saturated heterocycles. The molecule has 0 amide bonds. The summed E-state index contributed by atoms with van der Waals surface area (Å²) < 4.78 is 7.00. The van der Waals surface area contributed by atoms with E-state index in [0.29, 0.717) is 17.5 Å². The Kier molecular flexibility index (Phi) is 4.14. The van der Waals surface area contributed by atoms with Crippen LogP contribution in [0, 0.1) is 6.92 Å². The van der Waals surface area contributed by atoms with Gasteiger partial charge in [-0.1, -0.05) is 17.3 Å². The van der Waals surface area contributed by atoms with E-state index in [9.17, 15) is 0 Å². The minimum absolute atomic E-state index is 0.0393. The summed E-state index contributed by atoms with van der Waals surface area (Å²) in [5.41, 5.74) is 2.85. The molecule has 1 atom stereocenters. The number of nitrogens with one attached hydrogen (secondary N) is 1. The first kappa shape index (κ1) is 15.9. The van der Waals surface area contributed by atoms with Gasteiger partial charge < -0.3 is 9.84 Å². The maximum Gasteiger partial charge on any atom is 0.261 e. The monoisotopic (exact) mass is 347 g/mol. The van der Waals surface area contributed by atoms with Crippen molar-refractivity contribution in [2.24, 2.45) is 0 Å². The van der Waals surface area contributed by atoms with E-state index < -0.39 is 0 Å². The molecule has 1 aromatic carbocycles. The SMILES string of the molecule is Cc1noc(-c2cccnc2N[C@H](C)c2ccc(-n3cncn3)cc2)n1. The van der Waals surface area contributed by atoms with Gasteiger partial charge >= 0.3 is 0 Å². The third-order valence-corrected chi connectivity index (χ3v) is 4.00. The quantitative estimate of drug-likeness (QED) is 0.592. The van der Waals surface area contributed by atoms with Gasteiger partial charge in [-0.3, -0.25) is 0 Å². The second-order valence-corrected chi connectivity index (χ2v) is 5.84. The molecule has 1 N–H and O–H groups in total. The summed E-state index contributed by atoms with van der Waals surface area (Å²) in [6.45, 7) is 3.86. The number of rotatable bonds is 5. The van der Waals surface area contributed by atoms with Crippen LogP contribution < -0.4 is 5.32 Å². The summed E-state index contributed by atoms with van der Waals surface area (Å²) >= 11 is 0. The molecule has 0 radical (unpaired) electrons. The van der Waals surface area contributed by atoms with Crippen molar-refractivity contribution in [2.75, 3.05) is 5.32 Å². The van der Waals surface area contributed by atoms with Gasteiger partial charge in [-0.25, -0.2) is 14.6 Å². The van der Waals surface area contributed by atoms with Crippen LogP contribution in [0.1, 0.15) is 24.4 Å². The lowest BCUT2D eigenvalue weighted by molar-refractivity contribution is 0.425. The molecule has 0 aliphatic carbocycles. The third-order valence-electron chi connectivity index (χ3n) is 4.00. The van der Waals surface area contributed by atoms with Crippen LogP contribution in [0.2, 0.25) is 0 Å². The normalized spacial score (nSPS) is 12.1. The fourth-order valence-electron chi connectivity index (χ4n) is 2.65. The van der Waals surface area contributed by atoms with Gasteiger partial charge in [0.1, 0.15) is 18.5 Å². The Morgan fingerprint density at radius 1 is 1.15 bits per heavy atom. The smallest absolute Gasteiger partial charge is 0.261 e. The van der Waals surface area contributed by atoms with E-state index in [4.69, 9.17) is 4.52 Å². The van der Waals surface area contributed by atoms with Gasteiger partial charge in [0, 0.05) is 12.2 Å². The fraction of sp³-hybridized carbons (Fsp3) is 0.167. The van der Waals surface area contributed by atoms with Gasteiger partial charge in [-0.05, 0) is 43.7 Å². The first-order chi connectivity index (χ1) is 12.7. The van der Waals surface area contributed by atoms with Gasteiger partial charge in [-0.15, -0.1) is 0 Å². The Morgan fingerprint density at radius 2 is 2.00 bits per heavy atom. The van der Waals surface area contributed by atoms with E-state index in [1.54, 1.807) is 24.1 Å². The van der Waals surface area contributed by atoms with Crippen LogP contribution in [-0.4, -0.2) is 29.9 Å². The van der Waals surface area contributed by atoms with Crippen molar-refractivity contribution in [1.29, 1.82) is 0 Å².